The Hall–Kier alpha value is -2.91. The smallest absolute Gasteiger partial charge is 0.188 e. The van der Waals surface area contributed by atoms with Gasteiger partial charge in [0.05, 0.1) is 29.1 Å². The predicted octanol–water partition coefficient (Wildman–Crippen LogP) is 2.79. The molecule has 0 saturated carbocycles. The molecule has 9 heteroatoms. The second kappa shape index (κ2) is 6.54. The molecule has 0 aliphatic heterocycles. The molecule has 0 aliphatic carbocycles. The molecule has 4 aromatic rings. The second-order valence-electron chi connectivity index (χ2n) is 5.30. The van der Waals surface area contributed by atoms with Gasteiger partial charge in [-0.15, -0.1) is 0 Å². The van der Waals surface area contributed by atoms with E-state index >= 15 is 0 Å². The highest BCUT2D eigenvalue weighted by molar-refractivity contribution is 7.18. The summed E-state index contributed by atoms with van der Waals surface area (Å²) < 4.78 is 15.8. The van der Waals surface area contributed by atoms with Crippen LogP contribution in [0.4, 0.5) is 15.3 Å². The van der Waals surface area contributed by atoms with Crippen molar-refractivity contribution in [2.75, 3.05) is 11.9 Å². The lowest BCUT2D eigenvalue weighted by Crippen LogP contribution is -2.08. The first-order chi connectivity index (χ1) is 12.2. The van der Waals surface area contributed by atoms with Crippen LogP contribution in [0.25, 0.3) is 21.5 Å². The van der Waals surface area contributed by atoms with E-state index in [2.05, 4.69) is 25.3 Å². The van der Waals surface area contributed by atoms with Gasteiger partial charge in [0.15, 0.2) is 5.13 Å². The maximum Gasteiger partial charge on any atom is 0.188 e. The number of pyridine rings is 2. The van der Waals surface area contributed by atoms with E-state index in [4.69, 9.17) is 5.73 Å². The van der Waals surface area contributed by atoms with Crippen LogP contribution in [0.3, 0.4) is 0 Å². The first-order valence-electron chi connectivity index (χ1n) is 7.58. The number of thiazole rings is 1. The Morgan fingerprint density at radius 3 is 2.96 bits per heavy atom. The van der Waals surface area contributed by atoms with Crippen LogP contribution in [0.5, 0.6) is 0 Å². The third-order valence-electron chi connectivity index (χ3n) is 3.66. The number of rotatable bonds is 5. The van der Waals surface area contributed by atoms with Gasteiger partial charge < -0.3 is 15.6 Å². The summed E-state index contributed by atoms with van der Waals surface area (Å²) in [5.41, 5.74) is 7.84. The highest BCUT2D eigenvalue weighted by Gasteiger charge is 2.10. The number of halogens is 1. The minimum Gasteiger partial charge on any atom is -0.329 e. The Bertz CT molecular complexity index is 1030. The fourth-order valence-corrected chi connectivity index (χ4v) is 3.34. The average molecular weight is 355 g/mol. The van der Waals surface area contributed by atoms with Crippen LogP contribution < -0.4 is 11.1 Å². The molecule has 126 valence electrons. The van der Waals surface area contributed by atoms with Crippen LogP contribution in [-0.2, 0) is 6.54 Å². The first kappa shape index (κ1) is 15.6. The lowest BCUT2D eigenvalue weighted by Gasteiger charge is -2.04. The minimum atomic E-state index is -0.372. The first-order valence-corrected chi connectivity index (χ1v) is 8.40. The Labute approximate surface area is 146 Å². The van der Waals surface area contributed by atoms with E-state index in [1.54, 1.807) is 31.0 Å². The van der Waals surface area contributed by atoms with Crippen molar-refractivity contribution in [3.63, 3.8) is 0 Å². The van der Waals surface area contributed by atoms with Gasteiger partial charge >= 0.3 is 0 Å². The van der Waals surface area contributed by atoms with Crippen molar-refractivity contribution < 1.29 is 4.39 Å². The van der Waals surface area contributed by atoms with Gasteiger partial charge in [0, 0.05) is 37.1 Å². The summed E-state index contributed by atoms with van der Waals surface area (Å²) in [6.07, 6.45) is 7.82. The van der Waals surface area contributed by atoms with E-state index < -0.39 is 0 Å². The molecule has 4 rings (SSSR count). The number of fused-ring (bicyclic) bond motifs is 1. The molecule has 3 N–H and O–H groups in total. The molecular weight excluding hydrogens is 341 g/mol. The maximum absolute atomic E-state index is 13.8. The van der Waals surface area contributed by atoms with Crippen molar-refractivity contribution in [3.8, 4) is 10.4 Å². The van der Waals surface area contributed by atoms with Crippen LogP contribution in [0.2, 0.25) is 0 Å². The number of nitrogens with two attached hydrogens (primary N) is 1. The van der Waals surface area contributed by atoms with E-state index in [9.17, 15) is 4.39 Å². The number of aromatic nitrogens is 5. The molecule has 7 nitrogen and oxygen atoms in total. The summed E-state index contributed by atoms with van der Waals surface area (Å²) >= 11 is 1.34. The van der Waals surface area contributed by atoms with Crippen LogP contribution >= 0.6 is 11.3 Å². The summed E-state index contributed by atoms with van der Waals surface area (Å²) in [6, 6.07) is 3.52. The molecule has 0 bridgehead atoms. The van der Waals surface area contributed by atoms with Gasteiger partial charge in [0.25, 0.3) is 0 Å². The molecule has 0 aliphatic rings. The van der Waals surface area contributed by atoms with Gasteiger partial charge in [-0.2, -0.15) is 0 Å². The highest BCUT2D eigenvalue weighted by atomic mass is 32.1. The molecule has 0 amide bonds. The minimum absolute atomic E-state index is 0.372. The summed E-state index contributed by atoms with van der Waals surface area (Å²) in [5.74, 6) is 0.269. The second-order valence-corrected chi connectivity index (χ2v) is 6.33. The topological polar surface area (TPSA) is 94.5 Å². The van der Waals surface area contributed by atoms with Crippen molar-refractivity contribution in [2.24, 2.45) is 5.73 Å². The third kappa shape index (κ3) is 3.06. The number of hydrogen-bond acceptors (Lipinski definition) is 7. The predicted molar refractivity (Wildman–Crippen MR) is 95.2 cm³/mol. The zero-order valence-corrected chi connectivity index (χ0v) is 13.9. The summed E-state index contributed by atoms with van der Waals surface area (Å²) in [5, 5.41) is 3.78. The van der Waals surface area contributed by atoms with E-state index in [1.165, 1.54) is 17.5 Å². The molecule has 0 saturated heterocycles. The molecule has 0 aromatic carbocycles. The molecule has 25 heavy (non-hydrogen) atoms. The van der Waals surface area contributed by atoms with Crippen molar-refractivity contribution in [2.45, 2.75) is 6.54 Å². The van der Waals surface area contributed by atoms with E-state index in [0.717, 1.165) is 15.9 Å². The Morgan fingerprint density at radius 1 is 1.20 bits per heavy atom. The molecule has 4 aromatic heterocycles. The quantitative estimate of drug-likeness (QED) is 0.572. The van der Waals surface area contributed by atoms with Gasteiger partial charge in [-0.25, -0.2) is 19.3 Å². The van der Waals surface area contributed by atoms with Crippen molar-refractivity contribution >= 4 is 33.3 Å². The van der Waals surface area contributed by atoms with Crippen molar-refractivity contribution in [1.82, 2.24) is 24.5 Å². The van der Waals surface area contributed by atoms with Gasteiger partial charge in [-0.1, -0.05) is 11.3 Å². The molecule has 0 fully saturated rings. The SMILES string of the molecule is NCCn1cnc2cnc(Nc3ncc(-c4ccncc4F)s3)cc21. The molecular formula is C16H14FN7S. The number of hydrogen-bond donors (Lipinski definition) is 2. The largest absolute Gasteiger partial charge is 0.329 e. The van der Waals surface area contributed by atoms with Crippen LogP contribution in [0.1, 0.15) is 0 Å². The number of nitrogens with zero attached hydrogens (tertiary/aromatic N) is 5. The fraction of sp³-hybridized carbons (Fsp3) is 0.125. The normalized spacial score (nSPS) is 11.1. The van der Waals surface area contributed by atoms with E-state index in [-0.39, 0.29) is 5.82 Å². The average Bonchev–Trinajstić information content (AvgIpc) is 3.23. The fourth-order valence-electron chi connectivity index (χ4n) is 2.49. The maximum atomic E-state index is 13.8. The van der Waals surface area contributed by atoms with Crippen LogP contribution in [-0.4, -0.2) is 31.0 Å². The number of imidazole rings is 1. The monoisotopic (exact) mass is 355 g/mol. The summed E-state index contributed by atoms with van der Waals surface area (Å²) in [6.45, 7) is 1.21. The van der Waals surface area contributed by atoms with Gasteiger partial charge in [0.1, 0.15) is 17.2 Å². The summed E-state index contributed by atoms with van der Waals surface area (Å²) in [7, 11) is 0. The Morgan fingerprint density at radius 2 is 2.12 bits per heavy atom. The Balaban J connectivity index is 1.61. The molecule has 4 heterocycles. The van der Waals surface area contributed by atoms with Gasteiger partial charge in [-0.3, -0.25) is 4.98 Å². The van der Waals surface area contributed by atoms with Gasteiger partial charge in [0.2, 0.25) is 0 Å². The Kier molecular flexibility index (Phi) is 4.08. The zero-order chi connectivity index (χ0) is 17.2. The molecule has 0 radical (unpaired) electrons. The standard InChI is InChI=1S/C16H14FN7S/c17-11-6-19-3-1-10(11)14-8-21-16(25-14)23-15-5-13-12(7-20-15)22-9-24(13)4-2-18/h1,3,5-9H,2,4,18H2,(H,20,21,23). The number of nitrogens with one attached hydrogen (secondary N) is 1. The number of anilines is 2. The molecule has 0 spiro atoms. The molecule has 0 unspecified atom stereocenters. The highest BCUT2D eigenvalue weighted by Crippen LogP contribution is 2.31. The molecule has 0 atom stereocenters. The lowest BCUT2D eigenvalue weighted by atomic mass is 10.2. The van der Waals surface area contributed by atoms with Crippen LogP contribution in [0.15, 0.2) is 43.2 Å². The zero-order valence-electron chi connectivity index (χ0n) is 13.1. The van der Waals surface area contributed by atoms with Gasteiger partial charge in [-0.05, 0) is 6.07 Å². The summed E-state index contributed by atoms with van der Waals surface area (Å²) in [4.78, 5) is 17.4. The van der Waals surface area contributed by atoms with E-state index in [1.807, 2.05) is 10.6 Å². The lowest BCUT2D eigenvalue weighted by molar-refractivity contribution is 0.625. The third-order valence-corrected chi connectivity index (χ3v) is 4.60. The van der Waals surface area contributed by atoms with Crippen LogP contribution in [0, 0.1) is 5.82 Å². The van der Waals surface area contributed by atoms with Crippen molar-refractivity contribution in [1.29, 1.82) is 0 Å². The van der Waals surface area contributed by atoms with E-state index in [0.29, 0.717) is 29.6 Å². The van der Waals surface area contributed by atoms with Crippen molar-refractivity contribution in [3.05, 3.63) is 49.1 Å².